The number of nitrogens with zero attached hydrogens (tertiary/aromatic N) is 2. The molecule has 0 aromatic rings. The summed E-state index contributed by atoms with van der Waals surface area (Å²) in [7, 11) is 4.17. The molecule has 0 saturated carbocycles. The van der Waals surface area contributed by atoms with Gasteiger partial charge in [-0.15, -0.1) is 0 Å². The molecular formula is C7H16N3. The summed E-state index contributed by atoms with van der Waals surface area (Å²) in [5.41, 5.74) is 7.32. The Hall–Kier alpha value is -0.120. The van der Waals surface area contributed by atoms with Gasteiger partial charge in [-0.1, -0.05) is 0 Å². The number of hydrogen-bond donors (Lipinski definition) is 1. The lowest BCUT2D eigenvalue weighted by Crippen LogP contribution is -2.44. The van der Waals surface area contributed by atoms with E-state index in [1.54, 1.807) is 0 Å². The first-order valence-electron chi connectivity index (χ1n) is 3.86. The molecule has 1 unspecified atom stereocenters. The monoisotopic (exact) mass is 142 g/mol. The lowest BCUT2D eigenvalue weighted by Gasteiger charge is -2.24. The van der Waals surface area contributed by atoms with E-state index < -0.39 is 0 Å². The van der Waals surface area contributed by atoms with Crippen LogP contribution in [0.25, 0.3) is 0 Å². The minimum atomic E-state index is 0.517. The van der Waals surface area contributed by atoms with Crippen molar-refractivity contribution in [3.05, 3.63) is 0 Å². The summed E-state index contributed by atoms with van der Waals surface area (Å²) in [4.78, 5) is 2.18. The normalized spacial score (nSPS) is 27.3. The van der Waals surface area contributed by atoms with Crippen molar-refractivity contribution in [3.63, 3.8) is 0 Å². The third-order valence-electron chi connectivity index (χ3n) is 1.68. The number of rotatable bonds is 2. The van der Waals surface area contributed by atoms with Gasteiger partial charge in [0.1, 0.15) is 0 Å². The highest BCUT2D eigenvalue weighted by molar-refractivity contribution is 4.70. The van der Waals surface area contributed by atoms with Crippen LogP contribution in [0.5, 0.6) is 0 Å². The quantitative estimate of drug-likeness (QED) is 0.579. The third-order valence-corrected chi connectivity index (χ3v) is 1.68. The van der Waals surface area contributed by atoms with Gasteiger partial charge < -0.3 is 4.90 Å². The predicted molar refractivity (Wildman–Crippen MR) is 41.7 cm³/mol. The molecule has 0 aliphatic carbocycles. The first-order valence-corrected chi connectivity index (χ1v) is 3.86. The Morgan fingerprint density at radius 3 is 2.90 bits per heavy atom. The Balaban J connectivity index is 2.13. The van der Waals surface area contributed by atoms with Gasteiger partial charge in [-0.3, -0.25) is 0 Å². The largest absolute Gasteiger partial charge is 0.308 e. The van der Waals surface area contributed by atoms with Crippen molar-refractivity contribution in [1.29, 1.82) is 0 Å². The Morgan fingerprint density at radius 1 is 1.60 bits per heavy atom. The molecule has 1 atom stereocenters. The molecule has 0 aromatic carbocycles. The van der Waals surface area contributed by atoms with Gasteiger partial charge in [-0.2, -0.15) is 5.43 Å². The van der Waals surface area contributed by atoms with Crippen LogP contribution < -0.4 is 10.9 Å². The fourth-order valence-corrected chi connectivity index (χ4v) is 1.23. The minimum absolute atomic E-state index is 0.517. The molecule has 1 fully saturated rings. The van der Waals surface area contributed by atoms with E-state index in [1.165, 1.54) is 12.8 Å². The molecule has 1 aliphatic rings. The fraction of sp³-hybridized carbons (Fsp3) is 1.00. The summed E-state index contributed by atoms with van der Waals surface area (Å²) < 4.78 is 0. The van der Waals surface area contributed by atoms with Crippen LogP contribution in [-0.2, 0) is 0 Å². The topological polar surface area (TPSA) is 29.4 Å². The molecular weight excluding hydrogens is 126 g/mol. The van der Waals surface area contributed by atoms with Gasteiger partial charge in [0, 0.05) is 13.1 Å². The highest BCUT2D eigenvalue weighted by Gasteiger charge is 2.13. The van der Waals surface area contributed by atoms with Crippen molar-refractivity contribution in [2.75, 3.05) is 27.2 Å². The van der Waals surface area contributed by atoms with Gasteiger partial charge in [0.2, 0.25) is 0 Å². The zero-order chi connectivity index (χ0) is 7.40. The molecule has 1 N–H and O–H groups in total. The summed E-state index contributed by atoms with van der Waals surface area (Å²) in [6.45, 7) is 2.14. The molecule has 0 spiro atoms. The molecule has 1 radical (unpaired) electrons. The zero-order valence-corrected chi connectivity index (χ0v) is 6.80. The van der Waals surface area contributed by atoms with E-state index in [-0.39, 0.29) is 0 Å². The summed E-state index contributed by atoms with van der Waals surface area (Å²) in [6, 6.07) is 0.517. The standard InChI is InChI=1S/C7H16N3/c1-10(2)6-7-4-3-5-8-9-7/h7-8H,3-6H2,1-2H3. The van der Waals surface area contributed by atoms with E-state index in [4.69, 9.17) is 0 Å². The Morgan fingerprint density at radius 2 is 2.40 bits per heavy atom. The zero-order valence-electron chi connectivity index (χ0n) is 6.80. The van der Waals surface area contributed by atoms with E-state index in [2.05, 4.69) is 29.8 Å². The molecule has 3 heteroatoms. The first-order chi connectivity index (χ1) is 4.79. The smallest absolute Gasteiger partial charge is 0.0543 e. The highest BCUT2D eigenvalue weighted by Crippen LogP contribution is 2.01. The van der Waals surface area contributed by atoms with Gasteiger partial charge in [0.25, 0.3) is 0 Å². The van der Waals surface area contributed by atoms with E-state index in [0.717, 1.165) is 13.1 Å². The van der Waals surface area contributed by atoms with E-state index in [0.29, 0.717) is 6.04 Å². The Bertz CT molecular complexity index is 86.9. The van der Waals surface area contributed by atoms with Crippen LogP contribution in [0.4, 0.5) is 0 Å². The van der Waals surface area contributed by atoms with Gasteiger partial charge in [0.05, 0.1) is 6.04 Å². The van der Waals surface area contributed by atoms with Gasteiger partial charge >= 0.3 is 0 Å². The maximum absolute atomic E-state index is 4.28. The lowest BCUT2D eigenvalue weighted by molar-refractivity contribution is 0.263. The molecule has 59 valence electrons. The SMILES string of the molecule is CN(C)CC1CCCN[N]1. The van der Waals surface area contributed by atoms with Crippen LogP contribution in [0.15, 0.2) is 0 Å². The first kappa shape index (κ1) is 7.98. The second-order valence-electron chi connectivity index (χ2n) is 3.10. The predicted octanol–water partition coefficient (Wildman–Crippen LogP) is -0.181. The van der Waals surface area contributed by atoms with Crippen molar-refractivity contribution in [1.82, 2.24) is 15.8 Å². The minimum Gasteiger partial charge on any atom is -0.308 e. The molecule has 1 rings (SSSR count). The second-order valence-corrected chi connectivity index (χ2v) is 3.10. The Kier molecular flexibility index (Phi) is 3.12. The average Bonchev–Trinajstić information content (AvgIpc) is 1.88. The van der Waals surface area contributed by atoms with Crippen molar-refractivity contribution in [2.45, 2.75) is 18.9 Å². The van der Waals surface area contributed by atoms with Crippen molar-refractivity contribution >= 4 is 0 Å². The van der Waals surface area contributed by atoms with Crippen LogP contribution in [-0.4, -0.2) is 38.1 Å². The van der Waals surface area contributed by atoms with Gasteiger partial charge in [-0.25, -0.2) is 5.43 Å². The molecule has 0 amide bonds. The van der Waals surface area contributed by atoms with Crippen LogP contribution >= 0.6 is 0 Å². The molecule has 1 aliphatic heterocycles. The average molecular weight is 142 g/mol. The van der Waals surface area contributed by atoms with Crippen LogP contribution in [0.2, 0.25) is 0 Å². The lowest BCUT2D eigenvalue weighted by atomic mass is 10.1. The summed E-state index contributed by atoms with van der Waals surface area (Å²) in [5, 5.41) is 0. The third kappa shape index (κ3) is 2.64. The van der Waals surface area contributed by atoms with E-state index in [9.17, 15) is 0 Å². The summed E-state index contributed by atoms with van der Waals surface area (Å²) in [5.74, 6) is 0. The van der Waals surface area contributed by atoms with E-state index >= 15 is 0 Å². The highest BCUT2D eigenvalue weighted by atomic mass is 15.4. The van der Waals surface area contributed by atoms with Gasteiger partial charge in [0.15, 0.2) is 0 Å². The second kappa shape index (κ2) is 3.91. The van der Waals surface area contributed by atoms with Gasteiger partial charge in [-0.05, 0) is 26.9 Å². The maximum Gasteiger partial charge on any atom is 0.0543 e. The molecule has 1 saturated heterocycles. The fourth-order valence-electron chi connectivity index (χ4n) is 1.23. The summed E-state index contributed by atoms with van der Waals surface area (Å²) >= 11 is 0. The van der Waals surface area contributed by atoms with Crippen LogP contribution in [0.1, 0.15) is 12.8 Å². The molecule has 10 heavy (non-hydrogen) atoms. The molecule has 1 heterocycles. The Labute approximate surface area is 62.8 Å². The number of nitrogens with one attached hydrogen (secondary N) is 1. The number of hydrogen-bond acceptors (Lipinski definition) is 2. The van der Waals surface area contributed by atoms with Crippen molar-refractivity contribution in [2.24, 2.45) is 0 Å². The summed E-state index contributed by atoms with van der Waals surface area (Å²) in [6.07, 6.45) is 2.51. The van der Waals surface area contributed by atoms with Crippen molar-refractivity contribution in [3.8, 4) is 0 Å². The molecule has 0 aromatic heterocycles. The van der Waals surface area contributed by atoms with Crippen molar-refractivity contribution < 1.29 is 0 Å². The molecule has 3 nitrogen and oxygen atoms in total. The number of likely N-dealkylation sites (N-methyl/N-ethyl adjacent to an activating group) is 1. The van der Waals surface area contributed by atoms with Crippen LogP contribution in [0.3, 0.4) is 0 Å². The molecule has 0 bridgehead atoms. The maximum atomic E-state index is 4.28. The van der Waals surface area contributed by atoms with E-state index in [1.807, 2.05) is 0 Å². The van der Waals surface area contributed by atoms with Crippen LogP contribution in [0, 0.1) is 0 Å².